The minimum Gasteiger partial charge on any atom is -0.383 e. The van der Waals surface area contributed by atoms with Crippen molar-refractivity contribution in [1.82, 2.24) is 15.3 Å². The van der Waals surface area contributed by atoms with Gasteiger partial charge in [-0.3, -0.25) is 4.79 Å². The number of nitrogens with zero attached hydrogens (tertiary/aromatic N) is 3. The average molecular weight is 382 g/mol. The van der Waals surface area contributed by atoms with Crippen molar-refractivity contribution < 1.29 is 4.79 Å². The fourth-order valence-corrected chi connectivity index (χ4v) is 3.94. The minimum absolute atomic E-state index is 0.188. The third kappa shape index (κ3) is 4.87. The molecule has 150 valence electrons. The first kappa shape index (κ1) is 20.3. The van der Waals surface area contributed by atoms with Crippen molar-refractivity contribution >= 4 is 17.4 Å². The Morgan fingerprint density at radius 1 is 1.25 bits per heavy atom. The van der Waals surface area contributed by atoms with Gasteiger partial charge in [0.25, 0.3) is 0 Å². The Kier molecular flexibility index (Phi) is 6.62. The van der Waals surface area contributed by atoms with E-state index < -0.39 is 0 Å². The molecular weight excluding hydrogens is 350 g/mol. The topological polar surface area (TPSA) is 84.1 Å². The van der Waals surface area contributed by atoms with E-state index in [0.29, 0.717) is 29.3 Å². The average Bonchev–Trinajstić information content (AvgIpc) is 2.67. The van der Waals surface area contributed by atoms with Crippen LogP contribution in [0.2, 0.25) is 0 Å². The molecule has 1 aliphatic rings. The number of nitrogens with one attached hydrogen (secondary N) is 1. The molecule has 0 amide bonds. The predicted octanol–water partition coefficient (Wildman–Crippen LogP) is 3.28. The second-order valence-corrected chi connectivity index (χ2v) is 8.03. The molecule has 1 fully saturated rings. The molecule has 0 unspecified atom stereocenters. The Labute approximate surface area is 167 Å². The van der Waals surface area contributed by atoms with Gasteiger partial charge in [-0.05, 0) is 43.0 Å². The lowest BCUT2D eigenvalue weighted by Crippen LogP contribution is -2.57. The summed E-state index contributed by atoms with van der Waals surface area (Å²) >= 11 is 0. The van der Waals surface area contributed by atoms with Crippen LogP contribution >= 0.6 is 0 Å². The summed E-state index contributed by atoms with van der Waals surface area (Å²) in [7, 11) is 0. The van der Waals surface area contributed by atoms with E-state index in [1.54, 1.807) is 24.4 Å². The first-order chi connectivity index (χ1) is 13.5. The van der Waals surface area contributed by atoms with Gasteiger partial charge in [-0.25, -0.2) is 9.97 Å². The van der Waals surface area contributed by atoms with Crippen LogP contribution in [0.15, 0.2) is 36.5 Å². The first-order valence-corrected chi connectivity index (χ1v) is 10.2. The summed E-state index contributed by atoms with van der Waals surface area (Å²) in [6.07, 6.45) is 4.99. The van der Waals surface area contributed by atoms with Crippen molar-refractivity contribution in [1.29, 1.82) is 0 Å². The zero-order chi connectivity index (χ0) is 20.1. The van der Waals surface area contributed by atoms with Crippen molar-refractivity contribution in [3.63, 3.8) is 0 Å². The number of carbonyl (C=O) groups is 1. The van der Waals surface area contributed by atoms with Crippen molar-refractivity contribution in [3.8, 4) is 0 Å². The van der Waals surface area contributed by atoms with Crippen molar-refractivity contribution in [2.45, 2.75) is 52.1 Å². The summed E-state index contributed by atoms with van der Waals surface area (Å²) in [5, 5.41) is 3.79. The lowest BCUT2D eigenvalue weighted by atomic mass is 9.98. The van der Waals surface area contributed by atoms with E-state index in [-0.39, 0.29) is 11.6 Å². The van der Waals surface area contributed by atoms with E-state index in [1.807, 2.05) is 12.1 Å². The molecule has 2 aromatic heterocycles. The van der Waals surface area contributed by atoms with E-state index in [1.165, 1.54) is 0 Å². The predicted molar refractivity (Wildman–Crippen MR) is 114 cm³/mol. The molecule has 6 heteroatoms. The molecule has 28 heavy (non-hydrogen) atoms. The molecule has 0 aromatic carbocycles. The van der Waals surface area contributed by atoms with Crippen molar-refractivity contribution in [2.75, 3.05) is 23.7 Å². The summed E-state index contributed by atoms with van der Waals surface area (Å²) in [4.78, 5) is 23.9. The molecule has 3 rings (SSSR count). The highest BCUT2D eigenvalue weighted by Gasteiger charge is 2.27. The number of piperazine rings is 1. The lowest BCUT2D eigenvalue weighted by Gasteiger charge is -2.40. The van der Waals surface area contributed by atoms with E-state index in [9.17, 15) is 4.79 Å². The molecule has 3 heterocycles. The number of aromatic nitrogens is 2. The standard InChI is InChI=1S/C22H31N5O/c1-4-7-16-13-27(14-17(25-16)12-15(2)3)20-10-5-9-19(26-20)21(28)18-8-6-11-24-22(18)23/h5-6,8-11,15-17,25H,4,7,12-14H2,1-3H3,(H2,23,24)/t16-,17-/m1/s1. The molecule has 6 nitrogen and oxygen atoms in total. The van der Waals surface area contributed by atoms with Gasteiger partial charge < -0.3 is 16.0 Å². The fraction of sp³-hybridized carbons (Fsp3) is 0.500. The number of carbonyl (C=O) groups excluding carboxylic acids is 1. The second kappa shape index (κ2) is 9.15. The molecule has 1 aliphatic heterocycles. The number of hydrogen-bond donors (Lipinski definition) is 2. The van der Waals surface area contributed by atoms with Crippen LogP contribution in [0, 0.1) is 5.92 Å². The van der Waals surface area contributed by atoms with Crippen LogP contribution in [0.1, 0.15) is 56.1 Å². The van der Waals surface area contributed by atoms with E-state index in [0.717, 1.165) is 38.2 Å². The number of anilines is 2. The van der Waals surface area contributed by atoms with Gasteiger partial charge in [-0.15, -0.1) is 0 Å². The Morgan fingerprint density at radius 2 is 2.04 bits per heavy atom. The highest BCUT2D eigenvalue weighted by atomic mass is 16.1. The SMILES string of the molecule is CCC[C@@H]1CN(c2cccc(C(=O)c3cccnc3N)n2)C[C@@H](CC(C)C)N1. The largest absolute Gasteiger partial charge is 0.383 e. The number of pyridine rings is 2. The monoisotopic (exact) mass is 381 g/mol. The molecule has 0 aliphatic carbocycles. The maximum absolute atomic E-state index is 12.9. The van der Waals surface area contributed by atoms with E-state index in [2.05, 4.69) is 41.0 Å². The Morgan fingerprint density at radius 3 is 2.75 bits per heavy atom. The van der Waals surface area contributed by atoms with E-state index >= 15 is 0 Å². The van der Waals surface area contributed by atoms with Gasteiger partial charge in [0.05, 0.1) is 5.56 Å². The van der Waals surface area contributed by atoms with Gasteiger partial charge in [0.15, 0.2) is 0 Å². The van der Waals surface area contributed by atoms with Crippen LogP contribution in [0.4, 0.5) is 11.6 Å². The molecule has 0 radical (unpaired) electrons. The second-order valence-electron chi connectivity index (χ2n) is 8.03. The zero-order valence-electron chi connectivity index (χ0n) is 17.1. The maximum atomic E-state index is 12.9. The minimum atomic E-state index is -0.188. The Hall–Kier alpha value is -2.47. The van der Waals surface area contributed by atoms with Gasteiger partial charge in [-0.1, -0.05) is 33.3 Å². The van der Waals surface area contributed by atoms with Gasteiger partial charge in [-0.2, -0.15) is 0 Å². The van der Waals surface area contributed by atoms with Gasteiger partial charge in [0, 0.05) is 31.4 Å². The Balaban J connectivity index is 1.83. The normalized spacial score (nSPS) is 19.8. The first-order valence-electron chi connectivity index (χ1n) is 10.2. The van der Waals surface area contributed by atoms with Gasteiger partial charge >= 0.3 is 0 Å². The van der Waals surface area contributed by atoms with Crippen molar-refractivity contribution in [2.24, 2.45) is 5.92 Å². The summed E-state index contributed by atoms with van der Waals surface area (Å²) < 4.78 is 0. The Bertz CT molecular complexity index is 807. The smallest absolute Gasteiger partial charge is 0.215 e. The molecule has 2 atom stereocenters. The van der Waals surface area contributed by atoms with Crippen LogP contribution in [0.25, 0.3) is 0 Å². The number of nitrogen functional groups attached to an aromatic ring is 1. The molecule has 3 N–H and O–H groups in total. The highest BCUT2D eigenvalue weighted by molar-refractivity contribution is 6.10. The molecule has 2 aromatic rings. The van der Waals surface area contributed by atoms with Crippen LogP contribution < -0.4 is 16.0 Å². The van der Waals surface area contributed by atoms with Crippen LogP contribution in [-0.4, -0.2) is 40.9 Å². The number of ketones is 1. The maximum Gasteiger partial charge on any atom is 0.215 e. The van der Waals surface area contributed by atoms with Crippen LogP contribution in [-0.2, 0) is 0 Å². The summed E-state index contributed by atoms with van der Waals surface area (Å²) in [6, 6.07) is 9.92. The van der Waals surface area contributed by atoms with Crippen LogP contribution in [0.3, 0.4) is 0 Å². The summed E-state index contributed by atoms with van der Waals surface area (Å²) in [6.45, 7) is 8.53. The molecule has 0 bridgehead atoms. The van der Waals surface area contributed by atoms with Crippen molar-refractivity contribution in [3.05, 3.63) is 47.8 Å². The van der Waals surface area contributed by atoms with Gasteiger partial charge in [0.2, 0.25) is 5.78 Å². The summed E-state index contributed by atoms with van der Waals surface area (Å²) in [5.74, 6) is 1.53. The quantitative estimate of drug-likeness (QED) is 0.716. The number of nitrogens with two attached hydrogens (primary N) is 1. The number of hydrogen-bond acceptors (Lipinski definition) is 6. The van der Waals surface area contributed by atoms with Gasteiger partial charge in [0.1, 0.15) is 17.3 Å². The summed E-state index contributed by atoms with van der Waals surface area (Å²) in [5.41, 5.74) is 6.68. The molecular formula is C22H31N5O. The molecule has 0 saturated carbocycles. The third-order valence-corrected chi connectivity index (χ3v) is 5.12. The third-order valence-electron chi connectivity index (χ3n) is 5.12. The van der Waals surface area contributed by atoms with E-state index in [4.69, 9.17) is 5.73 Å². The highest BCUT2D eigenvalue weighted by Crippen LogP contribution is 2.21. The molecule has 1 saturated heterocycles. The number of rotatable bonds is 7. The molecule has 0 spiro atoms. The fourth-order valence-electron chi connectivity index (χ4n) is 3.94. The zero-order valence-corrected chi connectivity index (χ0v) is 17.1. The lowest BCUT2D eigenvalue weighted by molar-refractivity contribution is 0.103. The van der Waals surface area contributed by atoms with Crippen LogP contribution in [0.5, 0.6) is 0 Å².